The van der Waals surface area contributed by atoms with Gasteiger partial charge in [-0.2, -0.15) is 0 Å². The topological polar surface area (TPSA) is 56.3 Å². The molecule has 1 aromatic carbocycles. The van der Waals surface area contributed by atoms with E-state index in [0.29, 0.717) is 11.6 Å². The van der Waals surface area contributed by atoms with Gasteiger partial charge in [0.25, 0.3) is 0 Å². The van der Waals surface area contributed by atoms with Crippen LogP contribution in [-0.4, -0.2) is 19.7 Å². The van der Waals surface area contributed by atoms with Gasteiger partial charge in [-0.3, -0.25) is 0 Å². The van der Waals surface area contributed by atoms with Crippen LogP contribution in [0.15, 0.2) is 53.6 Å². The Morgan fingerprint density at radius 2 is 1.76 bits per heavy atom. The van der Waals surface area contributed by atoms with Gasteiger partial charge in [0, 0.05) is 18.5 Å². The average Bonchev–Trinajstić information content (AvgIpc) is 2.30. The number of benzene rings is 1. The molecule has 0 aliphatic heterocycles. The second-order valence-corrected chi connectivity index (χ2v) is 5.53. The highest BCUT2D eigenvalue weighted by Gasteiger charge is 2.06. The lowest BCUT2D eigenvalue weighted by molar-refractivity contribution is 0.462. The summed E-state index contributed by atoms with van der Waals surface area (Å²) in [5.41, 5.74) is 0. The molecule has 0 amide bonds. The van der Waals surface area contributed by atoms with Crippen LogP contribution < -0.4 is 4.74 Å². The summed E-state index contributed by atoms with van der Waals surface area (Å²) in [6, 6.07) is 11.6. The minimum Gasteiger partial charge on any atom is -0.439 e. The molecule has 17 heavy (non-hydrogen) atoms. The Bertz CT molecular complexity index is 591. The van der Waals surface area contributed by atoms with Crippen molar-refractivity contribution in [2.45, 2.75) is 4.90 Å². The Morgan fingerprint density at radius 3 is 2.29 bits per heavy atom. The van der Waals surface area contributed by atoms with Crippen LogP contribution in [0.25, 0.3) is 0 Å². The molecule has 0 radical (unpaired) electrons. The summed E-state index contributed by atoms with van der Waals surface area (Å²) >= 11 is 0. The Hall–Kier alpha value is -1.88. The molecule has 1 heterocycles. The predicted molar refractivity (Wildman–Crippen MR) is 63.9 cm³/mol. The average molecular weight is 249 g/mol. The quantitative estimate of drug-likeness (QED) is 0.837. The molecule has 5 heteroatoms. The maximum absolute atomic E-state index is 11.2. The molecule has 0 spiro atoms. The van der Waals surface area contributed by atoms with Gasteiger partial charge >= 0.3 is 0 Å². The molecule has 0 saturated carbocycles. The van der Waals surface area contributed by atoms with Gasteiger partial charge in [0.05, 0.1) is 4.90 Å². The van der Waals surface area contributed by atoms with Gasteiger partial charge in [0.1, 0.15) is 5.75 Å². The Morgan fingerprint density at radius 1 is 1.06 bits per heavy atom. The molecular formula is C12H11NO3S. The monoisotopic (exact) mass is 249 g/mol. The van der Waals surface area contributed by atoms with Crippen molar-refractivity contribution in [2.24, 2.45) is 0 Å². The van der Waals surface area contributed by atoms with Gasteiger partial charge in [-0.1, -0.05) is 6.07 Å². The maximum Gasteiger partial charge on any atom is 0.219 e. The highest BCUT2D eigenvalue weighted by atomic mass is 32.2. The molecule has 0 saturated heterocycles. The fraction of sp³-hybridized carbons (Fsp3) is 0.0833. The molecule has 0 aliphatic rings. The summed E-state index contributed by atoms with van der Waals surface area (Å²) in [7, 11) is -3.16. The van der Waals surface area contributed by atoms with Crippen molar-refractivity contribution < 1.29 is 13.2 Å². The third-order valence-electron chi connectivity index (χ3n) is 2.11. The van der Waals surface area contributed by atoms with E-state index < -0.39 is 9.84 Å². The molecule has 0 N–H and O–H groups in total. The standard InChI is InChI=1S/C12H11NO3S/c1-17(14,15)11-7-5-10(6-8-11)16-12-4-2-3-9-13-12/h2-9H,1H3. The van der Waals surface area contributed by atoms with E-state index in [-0.39, 0.29) is 4.90 Å². The predicted octanol–water partition coefficient (Wildman–Crippen LogP) is 2.28. The fourth-order valence-corrected chi connectivity index (χ4v) is 1.91. The zero-order chi connectivity index (χ0) is 12.3. The highest BCUT2D eigenvalue weighted by Crippen LogP contribution is 2.20. The summed E-state index contributed by atoms with van der Waals surface area (Å²) in [4.78, 5) is 4.27. The van der Waals surface area contributed by atoms with Crippen molar-refractivity contribution in [3.05, 3.63) is 48.7 Å². The smallest absolute Gasteiger partial charge is 0.219 e. The number of hydrogen-bond donors (Lipinski definition) is 0. The zero-order valence-electron chi connectivity index (χ0n) is 9.20. The van der Waals surface area contributed by atoms with Gasteiger partial charge in [0.15, 0.2) is 9.84 Å². The molecule has 0 aliphatic carbocycles. The Kier molecular flexibility index (Phi) is 3.10. The van der Waals surface area contributed by atoms with E-state index >= 15 is 0 Å². The molecule has 0 bridgehead atoms. The first-order valence-corrected chi connectivity index (χ1v) is 6.84. The van der Waals surface area contributed by atoms with E-state index in [1.165, 1.54) is 18.4 Å². The largest absolute Gasteiger partial charge is 0.439 e. The van der Waals surface area contributed by atoms with E-state index in [1.54, 1.807) is 30.5 Å². The number of sulfone groups is 1. The van der Waals surface area contributed by atoms with Crippen molar-refractivity contribution in [2.75, 3.05) is 6.26 Å². The van der Waals surface area contributed by atoms with E-state index in [4.69, 9.17) is 4.74 Å². The Labute approximate surface area is 99.8 Å². The number of nitrogens with zero attached hydrogens (tertiary/aromatic N) is 1. The lowest BCUT2D eigenvalue weighted by Crippen LogP contribution is -1.96. The summed E-state index contributed by atoms with van der Waals surface area (Å²) in [5, 5.41) is 0. The van der Waals surface area contributed by atoms with Crippen LogP contribution >= 0.6 is 0 Å². The Balaban J connectivity index is 2.20. The lowest BCUT2D eigenvalue weighted by Gasteiger charge is -2.04. The number of ether oxygens (including phenoxy) is 1. The van der Waals surface area contributed by atoms with Crippen molar-refractivity contribution in [3.63, 3.8) is 0 Å². The second-order valence-electron chi connectivity index (χ2n) is 3.51. The molecule has 88 valence electrons. The normalized spacial score (nSPS) is 11.1. The van der Waals surface area contributed by atoms with Crippen LogP contribution in [0.2, 0.25) is 0 Å². The number of pyridine rings is 1. The maximum atomic E-state index is 11.2. The molecule has 0 atom stereocenters. The summed E-state index contributed by atoms with van der Waals surface area (Å²) in [5.74, 6) is 1.02. The number of aromatic nitrogens is 1. The SMILES string of the molecule is CS(=O)(=O)c1ccc(Oc2ccccn2)cc1. The van der Waals surface area contributed by atoms with E-state index in [9.17, 15) is 8.42 Å². The number of rotatable bonds is 3. The molecule has 0 fully saturated rings. The van der Waals surface area contributed by atoms with Crippen LogP contribution in [0.5, 0.6) is 11.6 Å². The first kappa shape index (κ1) is 11.6. The van der Waals surface area contributed by atoms with Crippen molar-refractivity contribution in [1.82, 2.24) is 4.98 Å². The first-order chi connectivity index (χ1) is 8.05. The highest BCUT2D eigenvalue weighted by molar-refractivity contribution is 7.90. The fourth-order valence-electron chi connectivity index (χ4n) is 1.28. The van der Waals surface area contributed by atoms with E-state index in [1.807, 2.05) is 6.07 Å². The second kappa shape index (κ2) is 4.55. The van der Waals surface area contributed by atoms with Crippen LogP contribution in [0.1, 0.15) is 0 Å². The molecular weight excluding hydrogens is 238 g/mol. The van der Waals surface area contributed by atoms with Crippen molar-refractivity contribution in [1.29, 1.82) is 0 Å². The van der Waals surface area contributed by atoms with E-state index in [0.717, 1.165) is 0 Å². The zero-order valence-corrected chi connectivity index (χ0v) is 10.0. The minimum absolute atomic E-state index is 0.269. The van der Waals surface area contributed by atoms with Crippen LogP contribution in [-0.2, 0) is 9.84 Å². The molecule has 0 unspecified atom stereocenters. The van der Waals surface area contributed by atoms with Gasteiger partial charge in [0.2, 0.25) is 5.88 Å². The number of hydrogen-bond acceptors (Lipinski definition) is 4. The molecule has 2 aromatic rings. The van der Waals surface area contributed by atoms with Crippen molar-refractivity contribution in [3.8, 4) is 11.6 Å². The van der Waals surface area contributed by atoms with E-state index in [2.05, 4.69) is 4.98 Å². The van der Waals surface area contributed by atoms with Gasteiger partial charge in [-0.15, -0.1) is 0 Å². The summed E-state index contributed by atoms with van der Waals surface area (Å²) < 4.78 is 27.9. The van der Waals surface area contributed by atoms with Crippen LogP contribution in [0, 0.1) is 0 Å². The summed E-state index contributed by atoms with van der Waals surface area (Å²) in [6.45, 7) is 0. The van der Waals surface area contributed by atoms with Crippen LogP contribution in [0.3, 0.4) is 0 Å². The molecule has 4 nitrogen and oxygen atoms in total. The van der Waals surface area contributed by atoms with Crippen molar-refractivity contribution >= 4 is 9.84 Å². The third kappa shape index (κ3) is 3.04. The molecule has 1 aromatic heterocycles. The van der Waals surface area contributed by atoms with Gasteiger partial charge in [-0.25, -0.2) is 13.4 Å². The lowest BCUT2D eigenvalue weighted by atomic mass is 10.3. The molecule has 2 rings (SSSR count). The summed E-state index contributed by atoms with van der Waals surface area (Å²) in [6.07, 6.45) is 2.79. The first-order valence-electron chi connectivity index (χ1n) is 4.95. The van der Waals surface area contributed by atoms with Gasteiger partial charge in [-0.05, 0) is 30.3 Å². The van der Waals surface area contributed by atoms with Gasteiger partial charge < -0.3 is 4.74 Å². The minimum atomic E-state index is -3.16. The third-order valence-corrected chi connectivity index (χ3v) is 3.24. The van der Waals surface area contributed by atoms with Crippen LogP contribution in [0.4, 0.5) is 0 Å².